The minimum Gasteiger partial charge on any atom is -0.308 e. The highest BCUT2D eigenvalue weighted by Crippen LogP contribution is 2.20. The van der Waals surface area contributed by atoms with Crippen LogP contribution < -0.4 is 5.32 Å². The molecule has 0 saturated heterocycles. The van der Waals surface area contributed by atoms with E-state index in [4.69, 9.17) is 5.10 Å². The number of nitrogens with one attached hydrogen (secondary N) is 1. The third-order valence-electron chi connectivity index (χ3n) is 4.45. The lowest BCUT2D eigenvalue weighted by Gasteiger charge is -2.15. The summed E-state index contributed by atoms with van der Waals surface area (Å²) in [7, 11) is 0. The maximum absolute atomic E-state index is 4.77. The molecule has 1 aromatic carbocycles. The first kappa shape index (κ1) is 13.6. The second-order valence-corrected chi connectivity index (χ2v) is 5.85. The zero-order valence-corrected chi connectivity index (χ0v) is 12.4. The monoisotopic (exact) mass is 271 g/mol. The molecular formula is C17H25N3. The van der Waals surface area contributed by atoms with Crippen LogP contribution in [0.1, 0.15) is 51.1 Å². The molecule has 1 saturated carbocycles. The molecule has 1 heterocycles. The zero-order valence-electron chi connectivity index (χ0n) is 12.4. The molecule has 1 aliphatic carbocycles. The topological polar surface area (TPSA) is 29.9 Å². The number of nitrogens with zero attached hydrogens (tertiary/aromatic N) is 2. The first-order valence-corrected chi connectivity index (χ1v) is 8.06. The van der Waals surface area contributed by atoms with Gasteiger partial charge in [0.05, 0.1) is 11.2 Å². The predicted octanol–water partition coefficient (Wildman–Crippen LogP) is 3.87. The Morgan fingerprint density at radius 2 is 1.90 bits per heavy atom. The van der Waals surface area contributed by atoms with Crippen molar-refractivity contribution >= 4 is 10.9 Å². The van der Waals surface area contributed by atoms with Gasteiger partial charge in [0.2, 0.25) is 0 Å². The molecule has 0 unspecified atom stereocenters. The average Bonchev–Trinajstić information content (AvgIpc) is 2.66. The molecule has 3 heteroatoms. The molecule has 20 heavy (non-hydrogen) atoms. The maximum Gasteiger partial charge on any atom is 0.0841 e. The fourth-order valence-electron chi connectivity index (χ4n) is 3.29. The van der Waals surface area contributed by atoms with Gasteiger partial charge >= 0.3 is 0 Å². The molecule has 0 amide bonds. The molecule has 2 aromatic rings. The van der Waals surface area contributed by atoms with Gasteiger partial charge in [-0.2, -0.15) is 5.10 Å². The van der Waals surface area contributed by atoms with Crippen molar-refractivity contribution in [1.82, 2.24) is 15.1 Å². The van der Waals surface area contributed by atoms with Crippen LogP contribution in [0.3, 0.4) is 0 Å². The molecule has 0 radical (unpaired) electrons. The van der Waals surface area contributed by atoms with Gasteiger partial charge in [-0.15, -0.1) is 0 Å². The quantitative estimate of drug-likeness (QED) is 0.856. The highest BCUT2D eigenvalue weighted by atomic mass is 15.3. The minimum atomic E-state index is 0.683. The summed E-state index contributed by atoms with van der Waals surface area (Å²) in [5, 5.41) is 9.80. The van der Waals surface area contributed by atoms with Crippen LogP contribution in [0.25, 0.3) is 10.9 Å². The Labute approximate surface area is 121 Å². The largest absolute Gasteiger partial charge is 0.308 e. The Balaban J connectivity index is 1.73. The fourth-order valence-corrected chi connectivity index (χ4v) is 3.29. The van der Waals surface area contributed by atoms with Gasteiger partial charge in [-0.25, -0.2) is 0 Å². The van der Waals surface area contributed by atoms with E-state index in [1.54, 1.807) is 0 Å². The molecule has 0 bridgehead atoms. The predicted molar refractivity (Wildman–Crippen MR) is 83.7 cm³/mol. The zero-order chi connectivity index (χ0) is 13.8. The fraction of sp³-hybridized carbons (Fsp3) is 0.588. The molecule has 1 fully saturated rings. The van der Waals surface area contributed by atoms with Gasteiger partial charge in [-0.3, -0.25) is 4.68 Å². The molecule has 3 rings (SSSR count). The normalized spacial score (nSPS) is 17.4. The molecule has 1 aromatic heterocycles. The smallest absolute Gasteiger partial charge is 0.0841 e. The third kappa shape index (κ3) is 2.88. The van der Waals surface area contributed by atoms with Crippen LogP contribution in [0.4, 0.5) is 0 Å². The van der Waals surface area contributed by atoms with E-state index >= 15 is 0 Å². The number of hydrogen-bond donors (Lipinski definition) is 1. The van der Waals surface area contributed by atoms with E-state index in [1.165, 1.54) is 55.1 Å². The Morgan fingerprint density at radius 3 is 2.65 bits per heavy atom. The van der Waals surface area contributed by atoms with Crippen molar-refractivity contribution in [3.05, 3.63) is 30.0 Å². The van der Waals surface area contributed by atoms with Crippen molar-refractivity contribution in [3.8, 4) is 0 Å². The Bertz CT molecular complexity index is 550. The number of aryl methyl sites for hydroxylation is 1. The van der Waals surface area contributed by atoms with E-state index in [1.807, 2.05) is 0 Å². The van der Waals surface area contributed by atoms with Crippen molar-refractivity contribution < 1.29 is 0 Å². The minimum absolute atomic E-state index is 0.683. The number of benzene rings is 1. The van der Waals surface area contributed by atoms with Crippen LogP contribution in [-0.2, 0) is 13.1 Å². The molecule has 3 nitrogen and oxygen atoms in total. The lowest BCUT2D eigenvalue weighted by Crippen LogP contribution is -2.28. The molecule has 108 valence electrons. The summed E-state index contributed by atoms with van der Waals surface area (Å²) in [5.74, 6) is 0. The third-order valence-corrected chi connectivity index (χ3v) is 4.45. The van der Waals surface area contributed by atoms with Gasteiger partial charge in [-0.1, -0.05) is 43.9 Å². The van der Waals surface area contributed by atoms with Gasteiger partial charge in [-0.05, 0) is 25.8 Å². The van der Waals surface area contributed by atoms with Crippen molar-refractivity contribution in [2.24, 2.45) is 0 Å². The van der Waals surface area contributed by atoms with Crippen molar-refractivity contribution in [2.75, 3.05) is 0 Å². The summed E-state index contributed by atoms with van der Waals surface area (Å²) in [6.45, 7) is 3.99. The summed E-state index contributed by atoms with van der Waals surface area (Å²) < 4.78 is 2.11. The first-order valence-electron chi connectivity index (χ1n) is 8.06. The van der Waals surface area contributed by atoms with Crippen LogP contribution in [0.5, 0.6) is 0 Å². The maximum atomic E-state index is 4.77. The SMILES string of the molecule is CCn1nc(CNC2CCCCCC2)c2ccccc21. The summed E-state index contributed by atoms with van der Waals surface area (Å²) in [4.78, 5) is 0. The van der Waals surface area contributed by atoms with Crippen LogP contribution in [0.15, 0.2) is 24.3 Å². The number of fused-ring (bicyclic) bond motifs is 1. The van der Waals surface area contributed by atoms with E-state index in [9.17, 15) is 0 Å². The van der Waals surface area contributed by atoms with Gasteiger partial charge in [0.1, 0.15) is 0 Å². The summed E-state index contributed by atoms with van der Waals surface area (Å²) in [6.07, 6.45) is 8.22. The van der Waals surface area contributed by atoms with Gasteiger partial charge in [0.15, 0.2) is 0 Å². The van der Waals surface area contributed by atoms with E-state index in [2.05, 4.69) is 41.2 Å². The summed E-state index contributed by atoms with van der Waals surface area (Å²) in [5.41, 5.74) is 2.46. The highest BCUT2D eigenvalue weighted by molar-refractivity contribution is 5.81. The van der Waals surface area contributed by atoms with Crippen molar-refractivity contribution in [3.63, 3.8) is 0 Å². The van der Waals surface area contributed by atoms with E-state index in [0.717, 1.165) is 13.1 Å². The van der Waals surface area contributed by atoms with E-state index in [-0.39, 0.29) is 0 Å². The number of rotatable bonds is 4. The van der Waals surface area contributed by atoms with Crippen LogP contribution in [0.2, 0.25) is 0 Å². The molecule has 1 aliphatic rings. The Kier molecular flexibility index (Phi) is 4.36. The van der Waals surface area contributed by atoms with Crippen LogP contribution in [-0.4, -0.2) is 15.8 Å². The Morgan fingerprint density at radius 1 is 1.15 bits per heavy atom. The van der Waals surface area contributed by atoms with Gasteiger partial charge in [0.25, 0.3) is 0 Å². The first-order chi connectivity index (χ1) is 9.88. The summed E-state index contributed by atoms with van der Waals surface area (Å²) in [6, 6.07) is 9.25. The van der Waals surface area contributed by atoms with Gasteiger partial charge < -0.3 is 5.32 Å². The second-order valence-electron chi connectivity index (χ2n) is 5.85. The molecule has 0 aliphatic heterocycles. The van der Waals surface area contributed by atoms with Crippen molar-refractivity contribution in [1.29, 1.82) is 0 Å². The lowest BCUT2D eigenvalue weighted by atomic mass is 10.1. The summed E-state index contributed by atoms with van der Waals surface area (Å²) >= 11 is 0. The van der Waals surface area contributed by atoms with Crippen LogP contribution >= 0.6 is 0 Å². The van der Waals surface area contributed by atoms with Gasteiger partial charge in [0, 0.05) is 24.5 Å². The lowest BCUT2D eigenvalue weighted by molar-refractivity contribution is 0.455. The second kappa shape index (κ2) is 6.40. The van der Waals surface area contributed by atoms with E-state index in [0.29, 0.717) is 6.04 Å². The number of hydrogen-bond acceptors (Lipinski definition) is 2. The Hall–Kier alpha value is -1.35. The molecule has 0 atom stereocenters. The molecular weight excluding hydrogens is 246 g/mol. The average molecular weight is 271 g/mol. The van der Waals surface area contributed by atoms with E-state index < -0.39 is 0 Å². The number of aromatic nitrogens is 2. The number of para-hydroxylation sites is 1. The van der Waals surface area contributed by atoms with Crippen molar-refractivity contribution in [2.45, 2.75) is 64.6 Å². The highest BCUT2D eigenvalue weighted by Gasteiger charge is 2.14. The van der Waals surface area contributed by atoms with Crippen LogP contribution in [0, 0.1) is 0 Å². The standard InChI is InChI=1S/C17H25N3/c1-2-20-17-12-8-7-11-15(17)16(19-20)13-18-14-9-5-3-4-6-10-14/h7-8,11-12,14,18H,2-6,9-10,13H2,1H3. The molecule has 1 N–H and O–H groups in total. The molecule has 0 spiro atoms.